The molecule has 2 nitrogen and oxygen atoms in total. The Morgan fingerprint density at radius 1 is 1.10 bits per heavy atom. The van der Waals surface area contributed by atoms with Crippen LogP contribution in [0.5, 0.6) is 11.5 Å². The molecule has 1 N–H and O–H groups in total. The van der Waals surface area contributed by atoms with Gasteiger partial charge in [-0.15, -0.1) is 11.6 Å². The first-order valence-corrected chi connectivity index (χ1v) is 7.25. The highest BCUT2D eigenvalue weighted by molar-refractivity contribution is 6.30. The zero-order chi connectivity index (χ0) is 14.6. The summed E-state index contributed by atoms with van der Waals surface area (Å²) in [5.74, 6) is 1.66. The van der Waals surface area contributed by atoms with E-state index in [4.69, 9.17) is 27.9 Å². The first-order chi connectivity index (χ1) is 9.53. The predicted molar refractivity (Wildman–Crippen MR) is 82.9 cm³/mol. The number of benzene rings is 2. The largest absolute Gasteiger partial charge is 0.457 e. The maximum atomic E-state index is 10.5. The summed E-state index contributed by atoms with van der Waals surface area (Å²) in [7, 11) is 0. The molecule has 2 rings (SSSR count). The van der Waals surface area contributed by atoms with E-state index >= 15 is 0 Å². The SMILES string of the molecule is CC(O)(CCCl)c1ccccc1Oc1ccc(Cl)cc1. The number of hydrogen-bond donors (Lipinski definition) is 1. The summed E-state index contributed by atoms with van der Waals surface area (Å²) in [4.78, 5) is 0. The highest BCUT2D eigenvalue weighted by Crippen LogP contribution is 2.35. The van der Waals surface area contributed by atoms with Crippen molar-refractivity contribution in [2.45, 2.75) is 18.9 Å². The number of halogens is 2. The summed E-state index contributed by atoms with van der Waals surface area (Å²) in [5, 5.41) is 11.2. The Morgan fingerprint density at radius 2 is 1.75 bits per heavy atom. The average Bonchev–Trinajstić information content (AvgIpc) is 2.42. The van der Waals surface area contributed by atoms with E-state index in [0.29, 0.717) is 28.8 Å². The molecule has 0 aliphatic heterocycles. The van der Waals surface area contributed by atoms with Crippen LogP contribution in [0.25, 0.3) is 0 Å². The first kappa shape index (κ1) is 15.2. The van der Waals surface area contributed by atoms with Crippen LogP contribution < -0.4 is 4.74 Å². The molecule has 1 unspecified atom stereocenters. The molecule has 0 aliphatic rings. The van der Waals surface area contributed by atoms with Crippen LogP contribution in [-0.2, 0) is 5.60 Å². The molecule has 2 aromatic rings. The lowest BCUT2D eigenvalue weighted by Gasteiger charge is -2.25. The van der Waals surface area contributed by atoms with Crippen LogP contribution in [-0.4, -0.2) is 11.0 Å². The Morgan fingerprint density at radius 3 is 2.40 bits per heavy atom. The van der Waals surface area contributed by atoms with Crippen molar-refractivity contribution < 1.29 is 9.84 Å². The van der Waals surface area contributed by atoms with Crippen molar-refractivity contribution in [3.05, 3.63) is 59.1 Å². The summed E-state index contributed by atoms with van der Waals surface area (Å²) < 4.78 is 5.84. The number of hydrogen-bond acceptors (Lipinski definition) is 2. The van der Waals surface area contributed by atoms with Crippen molar-refractivity contribution in [1.29, 1.82) is 0 Å². The average molecular weight is 311 g/mol. The lowest BCUT2D eigenvalue weighted by atomic mass is 9.92. The number of rotatable bonds is 5. The van der Waals surface area contributed by atoms with Crippen LogP contribution in [0.2, 0.25) is 5.02 Å². The molecule has 0 fully saturated rings. The fourth-order valence-corrected chi connectivity index (χ4v) is 2.44. The van der Waals surface area contributed by atoms with E-state index in [1.807, 2.05) is 24.3 Å². The Kier molecular flexibility index (Phi) is 4.92. The van der Waals surface area contributed by atoms with Gasteiger partial charge in [0.25, 0.3) is 0 Å². The molecule has 0 heterocycles. The van der Waals surface area contributed by atoms with Gasteiger partial charge in [0, 0.05) is 16.5 Å². The number of aliphatic hydroxyl groups is 1. The molecule has 106 valence electrons. The Balaban J connectivity index is 2.30. The summed E-state index contributed by atoms with van der Waals surface area (Å²) in [6.45, 7) is 1.74. The minimum absolute atomic E-state index is 0.377. The number of alkyl halides is 1. The van der Waals surface area contributed by atoms with Crippen molar-refractivity contribution in [1.82, 2.24) is 0 Å². The summed E-state index contributed by atoms with van der Waals surface area (Å²) >= 11 is 11.6. The van der Waals surface area contributed by atoms with E-state index in [0.717, 1.165) is 5.56 Å². The van der Waals surface area contributed by atoms with Gasteiger partial charge in [0.05, 0.1) is 5.60 Å². The van der Waals surface area contributed by atoms with E-state index in [1.54, 1.807) is 31.2 Å². The summed E-state index contributed by atoms with van der Waals surface area (Å²) in [6, 6.07) is 14.5. The molecule has 0 aliphatic carbocycles. The Hall–Kier alpha value is -1.22. The first-order valence-electron chi connectivity index (χ1n) is 6.34. The molecule has 20 heavy (non-hydrogen) atoms. The third kappa shape index (κ3) is 3.66. The van der Waals surface area contributed by atoms with E-state index < -0.39 is 5.60 Å². The molecule has 0 saturated carbocycles. The zero-order valence-electron chi connectivity index (χ0n) is 11.1. The van der Waals surface area contributed by atoms with Gasteiger partial charge in [-0.3, -0.25) is 0 Å². The molecule has 2 aromatic carbocycles. The fraction of sp³-hybridized carbons (Fsp3) is 0.250. The van der Waals surface area contributed by atoms with E-state index in [9.17, 15) is 5.11 Å². The molecule has 4 heteroatoms. The lowest BCUT2D eigenvalue weighted by molar-refractivity contribution is 0.0519. The molecule has 0 amide bonds. The number of para-hydroxylation sites is 1. The van der Waals surface area contributed by atoms with Gasteiger partial charge in [-0.1, -0.05) is 29.8 Å². The van der Waals surface area contributed by atoms with Crippen molar-refractivity contribution in [3.8, 4) is 11.5 Å². The van der Waals surface area contributed by atoms with Crippen molar-refractivity contribution in [2.24, 2.45) is 0 Å². The second kappa shape index (κ2) is 6.49. The van der Waals surface area contributed by atoms with Gasteiger partial charge >= 0.3 is 0 Å². The number of ether oxygens (including phenoxy) is 1. The normalized spacial score (nSPS) is 13.8. The third-order valence-corrected chi connectivity index (χ3v) is 3.53. The van der Waals surface area contributed by atoms with E-state index in [2.05, 4.69) is 0 Å². The molecule has 1 atom stereocenters. The van der Waals surface area contributed by atoms with Gasteiger partial charge in [0.15, 0.2) is 0 Å². The van der Waals surface area contributed by atoms with E-state index in [-0.39, 0.29) is 0 Å². The Labute approximate surface area is 128 Å². The molecular weight excluding hydrogens is 295 g/mol. The van der Waals surface area contributed by atoms with Crippen LogP contribution in [0.1, 0.15) is 18.9 Å². The monoisotopic (exact) mass is 310 g/mol. The summed E-state index contributed by atoms with van der Waals surface area (Å²) in [5.41, 5.74) is -0.305. The maximum Gasteiger partial charge on any atom is 0.133 e. The van der Waals surface area contributed by atoms with Crippen molar-refractivity contribution in [2.75, 3.05) is 5.88 Å². The molecule has 0 spiro atoms. The van der Waals surface area contributed by atoms with Gasteiger partial charge in [-0.05, 0) is 43.7 Å². The topological polar surface area (TPSA) is 29.5 Å². The van der Waals surface area contributed by atoms with Gasteiger partial charge < -0.3 is 9.84 Å². The van der Waals surface area contributed by atoms with Crippen molar-refractivity contribution >= 4 is 23.2 Å². The molecule has 0 aromatic heterocycles. The zero-order valence-corrected chi connectivity index (χ0v) is 12.7. The lowest BCUT2D eigenvalue weighted by Crippen LogP contribution is -2.22. The predicted octanol–water partition coefficient (Wildman–Crippen LogP) is 4.97. The van der Waals surface area contributed by atoms with Crippen LogP contribution in [0.15, 0.2) is 48.5 Å². The minimum atomic E-state index is -1.02. The highest BCUT2D eigenvalue weighted by Gasteiger charge is 2.26. The van der Waals surface area contributed by atoms with Gasteiger partial charge in [0.2, 0.25) is 0 Å². The van der Waals surface area contributed by atoms with Gasteiger partial charge in [-0.2, -0.15) is 0 Å². The van der Waals surface area contributed by atoms with Crippen LogP contribution in [0, 0.1) is 0 Å². The molecule has 0 saturated heterocycles. The second-order valence-electron chi connectivity index (χ2n) is 4.76. The maximum absolute atomic E-state index is 10.5. The third-order valence-electron chi connectivity index (χ3n) is 3.09. The fourth-order valence-electron chi connectivity index (χ4n) is 1.95. The minimum Gasteiger partial charge on any atom is -0.457 e. The van der Waals surface area contributed by atoms with Crippen molar-refractivity contribution in [3.63, 3.8) is 0 Å². The van der Waals surface area contributed by atoms with E-state index in [1.165, 1.54) is 0 Å². The standard InChI is InChI=1S/C16H16Cl2O2/c1-16(19,10-11-17)14-4-2-3-5-15(14)20-13-8-6-12(18)7-9-13/h2-9,19H,10-11H2,1H3. The molecule has 0 radical (unpaired) electrons. The van der Waals surface area contributed by atoms with Crippen LogP contribution >= 0.6 is 23.2 Å². The highest BCUT2D eigenvalue weighted by atomic mass is 35.5. The van der Waals surface area contributed by atoms with Gasteiger partial charge in [-0.25, -0.2) is 0 Å². The smallest absolute Gasteiger partial charge is 0.133 e. The molecule has 0 bridgehead atoms. The molecular formula is C16H16Cl2O2. The summed E-state index contributed by atoms with van der Waals surface area (Å²) in [6.07, 6.45) is 0.454. The quantitative estimate of drug-likeness (QED) is 0.790. The van der Waals surface area contributed by atoms with Gasteiger partial charge in [0.1, 0.15) is 11.5 Å². The second-order valence-corrected chi connectivity index (χ2v) is 5.58. The Bertz CT molecular complexity index is 565. The van der Waals surface area contributed by atoms with Crippen LogP contribution in [0.4, 0.5) is 0 Å². The van der Waals surface area contributed by atoms with Crippen LogP contribution in [0.3, 0.4) is 0 Å².